The lowest BCUT2D eigenvalue weighted by atomic mass is 10.2. The molecule has 0 N–H and O–H groups in total. The van der Waals surface area contributed by atoms with E-state index in [1.54, 1.807) is 54.4 Å². The molecule has 0 atom stereocenters. The Morgan fingerprint density at radius 1 is 1.10 bits per heavy atom. The molecular formula is C21H19N3O5S2. The molecule has 2 heterocycles. The van der Waals surface area contributed by atoms with Gasteiger partial charge in [-0.15, -0.1) is 11.3 Å². The van der Waals surface area contributed by atoms with E-state index in [2.05, 4.69) is 9.98 Å². The van der Waals surface area contributed by atoms with Crippen molar-refractivity contribution in [2.45, 2.75) is 13.5 Å². The Morgan fingerprint density at radius 2 is 1.87 bits per heavy atom. The van der Waals surface area contributed by atoms with Crippen LogP contribution >= 0.6 is 22.7 Å². The number of hydrogen-bond acceptors (Lipinski definition) is 8. The van der Waals surface area contributed by atoms with E-state index in [1.165, 1.54) is 29.8 Å². The van der Waals surface area contributed by atoms with Gasteiger partial charge in [0.15, 0.2) is 16.3 Å². The zero-order valence-corrected chi connectivity index (χ0v) is 18.7. The Hall–Kier alpha value is -3.24. The molecule has 0 aliphatic carbocycles. The molecule has 0 bridgehead atoms. The molecule has 0 saturated heterocycles. The number of amides is 1. The smallest absolute Gasteiger partial charge is 0.326 e. The predicted molar refractivity (Wildman–Crippen MR) is 119 cm³/mol. The van der Waals surface area contributed by atoms with E-state index >= 15 is 0 Å². The van der Waals surface area contributed by atoms with Crippen LogP contribution in [0, 0.1) is 0 Å². The number of thiazole rings is 2. The molecule has 1 amide bonds. The van der Waals surface area contributed by atoms with Gasteiger partial charge in [-0.05, 0) is 25.1 Å². The van der Waals surface area contributed by atoms with Gasteiger partial charge >= 0.3 is 5.97 Å². The van der Waals surface area contributed by atoms with Gasteiger partial charge in [0.25, 0.3) is 5.91 Å². The van der Waals surface area contributed by atoms with E-state index < -0.39 is 11.9 Å². The van der Waals surface area contributed by atoms with Crippen LogP contribution in [0.25, 0.3) is 20.4 Å². The lowest BCUT2D eigenvalue weighted by molar-refractivity contribution is -0.143. The summed E-state index contributed by atoms with van der Waals surface area (Å²) in [7, 11) is 3.09. The summed E-state index contributed by atoms with van der Waals surface area (Å²) in [6.07, 6.45) is 0. The summed E-state index contributed by atoms with van der Waals surface area (Å²) in [4.78, 5) is 34.1. The summed E-state index contributed by atoms with van der Waals surface area (Å²) >= 11 is 2.74. The molecule has 4 rings (SSSR count). The van der Waals surface area contributed by atoms with Gasteiger partial charge in [0.2, 0.25) is 0 Å². The summed E-state index contributed by atoms with van der Waals surface area (Å²) in [5.74, 6) is 0.238. The van der Waals surface area contributed by atoms with Crippen molar-refractivity contribution < 1.29 is 23.8 Å². The van der Waals surface area contributed by atoms with Crippen molar-refractivity contribution in [3.8, 4) is 11.5 Å². The molecule has 2 aromatic carbocycles. The third kappa shape index (κ3) is 4.17. The van der Waals surface area contributed by atoms with E-state index in [-0.39, 0.29) is 13.2 Å². The number of aromatic nitrogens is 2. The number of nitrogens with zero attached hydrogens (tertiary/aromatic N) is 3. The largest absolute Gasteiger partial charge is 0.493 e. The van der Waals surface area contributed by atoms with Crippen molar-refractivity contribution in [1.82, 2.24) is 9.55 Å². The first kappa shape index (κ1) is 21.0. The van der Waals surface area contributed by atoms with Crippen LogP contribution in [-0.4, -0.2) is 42.3 Å². The van der Waals surface area contributed by atoms with E-state index in [1.807, 2.05) is 0 Å². The fourth-order valence-electron chi connectivity index (χ4n) is 3.11. The maximum absolute atomic E-state index is 12.9. The molecule has 0 saturated carbocycles. The molecule has 4 aromatic rings. The van der Waals surface area contributed by atoms with Crippen molar-refractivity contribution in [2.75, 3.05) is 20.8 Å². The number of rotatable bonds is 6. The summed E-state index contributed by atoms with van der Waals surface area (Å²) in [6, 6.07) is 8.82. The standard InChI is InChI=1S/C21H19N3O5S2/c1-4-29-19(25)10-24-14-8-15(27-2)16(28-3)9-18(14)31-21(24)23-20(26)12-5-6-13-17(7-12)30-11-22-13/h5-9,11H,4,10H2,1-3H3. The lowest BCUT2D eigenvalue weighted by Gasteiger charge is -2.09. The number of ether oxygens (including phenoxy) is 3. The zero-order valence-electron chi connectivity index (χ0n) is 17.1. The first-order chi connectivity index (χ1) is 15.0. The van der Waals surface area contributed by atoms with Crippen LogP contribution in [0.5, 0.6) is 11.5 Å². The summed E-state index contributed by atoms with van der Waals surface area (Å²) < 4.78 is 19.2. The van der Waals surface area contributed by atoms with E-state index in [0.29, 0.717) is 27.4 Å². The van der Waals surface area contributed by atoms with Crippen molar-refractivity contribution in [3.05, 3.63) is 46.2 Å². The van der Waals surface area contributed by atoms with Gasteiger partial charge in [-0.1, -0.05) is 11.3 Å². The van der Waals surface area contributed by atoms with Crippen LogP contribution in [0.1, 0.15) is 17.3 Å². The molecule has 160 valence electrons. The van der Waals surface area contributed by atoms with Crippen LogP contribution in [-0.2, 0) is 16.1 Å². The second-order valence-electron chi connectivity index (χ2n) is 6.40. The Balaban J connectivity index is 1.85. The Kier molecular flexibility index (Phi) is 6.01. The molecule has 0 fully saturated rings. The molecule has 0 aliphatic rings. The fourth-order valence-corrected chi connectivity index (χ4v) is 4.86. The molecule has 0 radical (unpaired) electrons. The number of esters is 1. The average Bonchev–Trinajstić information content (AvgIpc) is 3.36. The van der Waals surface area contributed by atoms with Crippen LogP contribution < -0.4 is 14.3 Å². The van der Waals surface area contributed by atoms with Gasteiger partial charge in [-0.2, -0.15) is 4.99 Å². The second-order valence-corrected chi connectivity index (χ2v) is 8.30. The molecule has 8 nitrogen and oxygen atoms in total. The highest BCUT2D eigenvalue weighted by atomic mass is 32.1. The highest BCUT2D eigenvalue weighted by Crippen LogP contribution is 2.33. The minimum absolute atomic E-state index is 0.0800. The minimum Gasteiger partial charge on any atom is -0.493 e. The maximum Gasteiger partial charge on any atom is 0.326 e. The van der Waals surface area contributed by atoms with Gasteiger partial charge in [0, 0.05) is 17.7 Å². The third-order valence-electron chi connectivity index (χ3n) is 4.56. The van der Waals surface area contributed by atoms with Gasteiger partial charge in [0.1, 0.15) is 6.54 Å². The molecule has 31 heavy (non-hydrogen) atoms. The van der Waals surface area contributed by atoms with Gasteiger partial charge in [0.05, 0.1) is 46.8 Å². The normalized spacial score (nSPS) is 11.8. The molecule has 0 unspecified atom stereocenters. The molecular weight excluding hydrogens is 438 g/mol. The Morgan fingerprint density at radius 3 is 2.61 bits per heavy atom. The van der Waals surface area contributed by atoms with Crippen molar-refractivity contribution >= 4 is 55.0 Å². The number of hydrogen-bond donors (Lipinski definition) is 0. The van der Waals surface area contributed by atoms with Crippen LogP contribution in [0.2, 0.25) is 0 Å². The number of benzene rings is 2. The quantitative estimate of drug-likeness (QED) is 0.411. The molecule has 0 spiro atoms. The van der Waals surface area contributed by atoms with Crippen molar-refractivity contribution in [3.63, 3.8) is 0 Å². The molecule has 0 aliphatic heterocycles. The first-order valence-corrected chi connectivity index (χ1v) is 11.1. The topological polar surface area (TPSA) is 92.0 Å². The fraction of sp³-hybridized carbons (Fsp3) is 0.238. The monoisotopic (exact) mass is 457 g/mol. The Labute approximate surface area is 185 Å². The number of methoxy groups -OCH3 is 2. The lowest BCUT2D eigenvalue weighted by Crippen LogP contribution is -2.23. The van der Waals surface area contributed by atoms with Gasteiger partial charge in [-0.3, -0.25) is 9.59 Å². The van der Waals surface area contributed by atoms with Crippen molar-refractivity contribution in [2.24, 2.45) is 4.99 Å². The van der Waals surface area contributed by atoms with Crippen LogP contribution in [0.3, 0.4) is 0 Å². The number of carbonyl (C=O) groups excluding carboxylic acids is 2. The summed E-state index contributed by atoms with van der Waals surface area (Å²) in [6.45, 7) is 1.93. The highest BCUT2D eigenvalue weighted by Gasteiger charge is 2.16. The minimum atomic E-state index is -0.419. The van der Waals surface area contributed by atoms with Gasteiger partial charge < -0.3 is 18.8 Å². The average molecular weight is 458 g/mol. The van der Waals surface area contributed by atoms with Crippen LogP contribution in [0.15, 0.2) is 40.8 Å². The Bertz CT molecular complexity index is 1350. The zero-order chi connectivity index (χ0) is 22.0. The molecule has 2 aromatic heterocycles. The number of carbonyl (C=O) groups is 2. The summed E-state index contributed by atoms with van der Waals surface area (Å²) in [5.41, 5.74) is 3.71. The van der Waals surface area contributed by atoms with E-state index in [0.717, 1.165) is 14.9 Å². The van der Waals surface area contributed by atoms with E-state index in [9.17, 15) is 9.59 Å². The first-order valence-electron chi connectivity index (χ1n) is 9.37. The van der Waals surface area contributed by atoms with Gasteiger partial charge in [-0.25, -0.2) is 4.98 Å². The van der Waals surface area contributed by atoms with E-state index in [4.69, 9.17) is 14.2 Å². The summed E-state index contributed by atoms with van der Waals surface area (Å²) in [5, 5.41) is 0. The highest BCUT2D eigenvalue weighted by molar-refractivity contribution is 7.17. The van der Waals surface area contributed by atoms with Crippen molar-refractivity contribution in [1.29, 1.82) is 0 Å². The SMILES string of the molecule is CCOC(=O)Cn1c(=NC(=O)c2ccc3ncsc3c2)sc2cc(OC)c(OC)cc21. The second kappa shape index (κ2) is 8.86. The maximum atomic E-state index is 12.9. The van der Waals surface area contributed by atoms with Crippen LogP contribution in [0.4, 0.5) is 0 Å². The number of fused-ring (bicyclic) bond motifs is 2. The predicted octanol–water partition coefficient (Wildman–Crippen LogP) is 3.63. The third-order valence-corrected chi connectivity index (χ3v) is 6.39. The molecule has 10 heteroatoms.